The van der Waals surface area contributed by atoms with Crippen molar-refractivity contribution in [2.24, 2.45) is 5.92 Å². The van der Waals surface area contributed by atoms with Crippen molar-refractivity contribution >= 4 is 17.1 Å². The second kappa shape index (κ2) is 8.29. The maximum Gasteiger partial charge on any atom is 0.225 e. The molecule has 0 saturated heterocycles. The highest BCUT2D eigenvalue weighted by molar-refractivity contribution is 5.79. The molecule has 5 nitrogen and oxygen atoms in total. The Bertz CT molecular complexity index is 935. The molecule has 0 unspecified atom stereocenters. The Morgan fingerprint density at radius 1 is 1.22 bits per heavy atom. The fourth-order valence-electron chi connectivity index (χ4n) is 3.31. The molecule has 0 aliphatic rings. The van der Waals surface area contributed by atoms with Crippen LogP contribution < -0.4 is 5.32 Å². The molecule has 2 heterocycles. The van der Waals surface area contributed by atoms with Crippen LogP contribution in [0, 0.1) is 11.7 Å². The normalized spacial score (nSPS) is 12.5. The Kier molecular flexibility index (Phi) is 5.84. The van der Waals surface area contributed by atoms with E-state index in [-0.39, 0.29) is 24.2 Å². The third kappa shape index (κ3) is 4.32. The third-order valence-electron chi connectivity index (χ3n) is 4.51. The summed E-state index contributed by atoms with van der Waals surface area (Å²) in [5.74, 6) is 0.579. The first-order chi connectivity index (χ1) is 13.0. The van der Waals surface area contributed by atoms with E-state index in [9.17, 15) is 9.18 Å². The van der Waals surface area contributed by atoms with Crippen molar-refractivity contribution in [2.75, 3.05) is 0 Å². The zero-order valence-corrected chi connectivity index (χ0v) is 15.9. The number of pyridine rings is 1. The largest absolute Gasteiger partial charge is 0.346 e. The summed E-state index contributed by atoms with van der Waals surface area (Å²) < 4.78 is 15.9. The predicted octanol–water partition coefficient (Wildman–Crippen LogP) is 4.04. The Hall–Kier alpha value is -2.76. The Labute approximate surface area is 158 Å². The van der Waals surface area contributed by atoms with Crippen molar-refractivity contribution in [3.8, 4) is 0 Å². The average molecular weight is 368 g/mol. The third-order valence-corrected chi connectivity index (χ3v) is 4.51. The SMILES string of the molecule is CCn1c([C@@H](CC(C)C)NC(=O)Cc2ccccc2F)nc2cccnc21. The van der Waals surface area contributed by atoms with Crippen molar-refractivity contribution in [3.63, 3.8) is 0 Å². The summed E-state index contributed by atoms with van der Waals surface area (Å²) in [7, 11) is 0. The minimum Gasteiger partial charge on any atom is -0.346 e. The maximum absolute atomic E-state index is 13.9. The molecule has 142 valence electrons. The minimum atomic E-state index is -0.363. The number of nitrogens with zero attached hydrogens (tertiary/aromatic N) is 3. The number of carbonyl (C=O) groups is 1. The first-order valence-electron chi connectivity index (χ1n) is 9.33. The van der Waals surface area contributed by atoms with Crippen LogP contribution in [0.1, 0.15) is 44.6 Å². The Morgan fingerprint density at radius 2 is 2.00 bits per heavy atom. The van der Waals surface area contributed by atoms with Crippen LogP contribution in [0.4, 0.5) is 4.39 Å². The summed E-state index contributed by atoms with van der Waals surface area (Å²) in [4.78, 5) is 21.8. The zero-order chi connectivity index (χ0) is 19.4. The van der Waals surface area contributed by atoms with Crippen molar-refractivity contribution in [1.82, 2.24) is 19.9 Å². The van der Waals surface area contributed by atoms with E-state index in [0.29, 0.717) is 18.0 Å². The molecular weight excluding hydrogens is 343 g/mol. The molecule has 6 heteroatoms. The van der Waals surface area contributed by atoms with Crippen LogP contribution in [-0.4, -0.2) is 20.4 Å². The smallest absolute Gasteiger partial charge is 0.225 e. The van der Waals surface area contributed by atoms with E-state index in [0.717, 1.165) is 23.4 Å². The van der Waals surface area contributed by atoms with Gasteiger partial charge in [-0.3, -0.25) is 4.79 Å². The van der Waals surface area contributed by atoms with Gasteiger partial charge in [-0.05, 0) is 43.0 Å². The number of aromatic nitrogens is 3. The van der Waals surface area contributed by atoms with Gasteiger partial charge in [0.15, 0.2) is 5.65 Å². The number of carbonyl (C=O) groups excluding carboxylic acids is 1. The summed E-state index contributed by atoms with van der Waals surface area (Å²) in [6.07, 6.45) is 2.49. The summed E-state index contributed by atoms with van der Waals surface area (Å²) in [6, 6.07) is 9.89. The molecule has 1 N–H and O–H groups in total. The molecule has 2 aromatic heterocycles. The van der Waals surface area contributed by atoms with Gasteiger partial charge in [0.25, 0.3) is 0 Å². The molecule has 27 heavy (non-hydrogen) atoms. The van der Waals surface area contributed by atoms with Gasteiger partial charge < -0.3 is 9.88 Å². The van der Waals surface area contributed by atoms with Gasteiger partial charge in [-0.15, -0.1) is 0 Å². The van der Waals surface area contributed by atoms with E-state index in [1.54, 1.807) is 24.4 Å². The second-order valence-electron chi connectivity index (χ2n) is 7.08. The molecule has 0 aliphatic carbocycles. The molecular formula is C21H25FN4O. The highest BCUT2D eigenvalue weighted by Crippen LogP contribution is 2.24. The first-order valence-corrected chi connectivity index (χ1v) is 9.33. The number of rotatable bonds is 7. The van der Waals surface area contributed by atoms with Gasteiger partial charge in [0.1, 0.15) is 17.2 Å². The van der Waals surface area contributed by atoms with E-state index < -0.39 is 0 Å². The van der Waals surface area contributed by atoms with Crippen LogP contribution in [0.3, 0.4) is 0 Å². The van der Waals surface area contributed by atoms with Gasteiger partial charge in [-0.1, -0.05) is 32.0 Å². The molecule has 1 atom stereocenters. The number of hydrogen-bond acceptors (Lipinski definition) is 3. The molecule has 1 amide bonds. The number of halogens is 1. The number of nitrogens with one attached hydrogen (secondary N) is 1. The monoisotopic (exact) mass is 368 g/mol. The maximum atomic E-state index is 13.9. The standard InChI is InChI=1S/C21H25FN4O/c1-4-26-20-17(10-7-11-23-20)25-21(26)18(12-14(2)3)24-19(27)13-15-8-5-6-9-16(15)22/h5-11,14,18H,4,12-13H2,1-3H3,(H,24,27)/t18-/m1/s1. The van der Waals surface area contributed by atoms with Crippen molar-refractivity contribution in [3.05, 3.63) is 59.8 Å². The van der Waals surface area contributed by atoms with Gasteiger partial charge in [0, 0.05) is 12.7 Å². The van der Waals surface area contributed by atoms with Crippen molar-refractivity contribution in [1.29, 1.82) is 0 Å². The lowest BCUT2D eigenvalue weighted by atomic mass is 10.0. The highest BCUT2D eigenvalue weighted by Gasteiger charge is 2.23. The Balaban J connectivity index is 1.88. The summed E-state index contributed by atoms with van der Waals surface area (Å²) >= 11 is 0. The number of amides is 1. The summed E-state index contributed by atoms with van der Waals surface area (Å²) in [5.41, 5.74) is 2.02. The van der Waals surface area contributed by atoms with Crippen LogP contribution in [0.5, 0.6) is 0 Å². The van der Waals surface area contributed by atoms with Crippen LogP contribution in [-0.2, 0) is 17.8 Å². The lowest BCUT2D eigenvalue weighted by Gasteiger charge is -2.21. The molecule has 3 aromatic rings. The molecule has 3 rings (SSSR count). The molecule has 0 radical (unpaired) electrons. The van der Waals surface area contributed by atoms with Crippen LogP contribution in [0.2, 0.25) is 0 Å². The van der Waals surface area contributed by atoms with Crippen molar-refractivity contribution in [2.45, 2.75) is 46.2 Å². The number of hydrogen-bond donors (Lipinski definition) is 1. The number of fused-ring (bicyclic) bond motifs is 1. The van der Waals surface area contributed by atoms with E-state index >= 15 is 0 Å². The number of aryl methyl sites for hydroxylation is 1. The lowest BCUT2D eigenvalue weighted by molar-refractivity contribution is -0.121. The molecule has 0 fully saturated rings. The number of benzene rings is 1. The predicted molar refractivity (Wildman–Crippen MR) is 104 cm³/mol. The average Bonchev–Trinajstić information content (AvgIpc) is 3.01. The van der Waals surface area contributed by atoms with Gasteiger partial charge in [0.2, 0.25) is 5.91 Å². The van der Waals surface area contributed by atoms with Crippen molar-refractivity contribution < 1.29 is 9.18 Å². The summed E-state index contributed by atoms with van der Waals surface area (Å²) in [5, 5.41) is 3.06. The minimum absolute atomic E-state index is 0.00583. The fraction of sp³-hybridized carbons (Fsp3) is 0.381. The van der Waals surface area contributed by atoms with E-state index in [1.807, 2.05) is 23.6 Å². The molecule has 0 aliphatic heterocycles. The van der Waals surface area contributed by atoms with Crippen LogP contribution in [0.15, 0.2) is 42.6 Å². The van der Waals surface area contributed by atoms with Gasteiger partial charge in [0.05, 0.1) is 12.5 Å². The topological polar surface area (TPSA) is 59.8 Å². The summed E-state index contributed by atoms with van der Waals surface area (Å²) in [6.45, 7) is 6.95. The van der Waals surface area contributed by atoms with E-state index in [2.05, 4.69) is 24.1 Å². The van der Waals surface area contributed by atoms with Gasteiger partial charge >= 0.3 is 0 Å². The quantitative estimate of drug-likeness (QED) is 0.685. The van der Waals surface area contributed by atoms with Gasteiger partial charge in [-0.2, -0.15) is 0 Å². The molecule has 0 spiro atoms. The zero-order valence-electron chi connectivity index (χ0n) is 15.9. The van der Waals surface area contributed by atoms with E-state index in [4.69, 9.17) is 4.98 Å². The lowest BCUT2D eigenvalue weighted by Crippen LogP contribution is -2.32. The van der Waals surface area contributed by atoms with Crippen LogP contribution in [0.25, 0.3) is 11.2 Å². The van der Waals surface area contributed by atoms with Gasteiger partial charge in [-0.25, -0.2) is 14.4 Å². The second-order valence-corrected chi connectivity index (χ2v) is 7.08. The van der Waals surface area contributed by atoms with E-state index in [1.165, 1.54) is 6.07 Å². The molecule has 0 saturated carbocycles. The van der Waals surface area contributed by atoms with Crippen LogP contribution >= 0.6 is 0 Å². The number of imidazole rings is 1. The molecule has 1 aromatic carbocycles. The Morgan fingerprint density at radius 3 is 2.70 bits per heavy atom. The molecule has 0 bridgehead atoms. The fourth-order valence-corrected chi connectivity index (χ4v) is 3.31. The highest BCUT2D eigenvalue weighted by atomic mass is 19.1. The first kappa shape index (κ1) is 19.0.